The first-order valence-corrected chi connectivity index (χ1v) is 7.59. The Bertz CT molecular complexity index is 347. The Morgan fingerprint density at radius 1 is 1.41 bits per heavy atom. The van der Waals surface area contributed by atoms with E-state index >= 15 is 0 Å². The number of nitrogens with one attached hydrogen (secondary N) is 1. The fraction of sp³-hybridized carbons (Fsp3) is 0.786. The van der Waals surface area contributed by atoms with Crippen LogP contribution in [0.3, 0.4) is 0 Å². The molecule has 0 radical (unpaired) electrons. The van der Waals surface area contributed by atoms with Gasteiger partial charge in [-0.25, -0.2) is 4.98 Å². The first kappa shape index (κ1) is 13.0. The van der Waals surface area contributed by atoms with Gasteiger partial charge in [0.2, 0.25) is 0 Å². The standard InChI is InChI=1S/C14H24N2S/c1-14(2,3)12-10-17-13(16-12)9-15-8-7-11-5-4-6-11/h10-11,15H,4-9H2,1-3H3. The predicted octanol–water partition coefficient (Wildman–Crippen LogP) is 3.72. The molecule has 0 spiro atoms. The zero-order valence-corrected chi connectivity index (χ0v) is 12.1. The summed E-state index contributed by atoms with van der Waals surface area (Å²) in [4.78, 5) is 4.69. The van der Waals surface area contributed by atoms with Crippen molar-refractivity contribution in [1.82, 2.24) is 10.3 Å². The lowest BCUT2D eigenvalue weighted by Gasteiger charge is -2.25. The van der Waals surface area contributed by atoms with Crippen molar-refractivity contribution in [2.75, 3.05) is 6.54 Å². The molecule has 1 saturated carbocycles. The van der Waals surface area contributed by atoms with Gasteiger partial charge in [0.1, 0.15) is 5.01 Å². The molecule has 2 rings (SSSR count). The molecule has 1 aliphatic carbocycles. The molecule has 0 saturated heterocycles. The van der Waals surface area contributed by atoms with Crippen LogP contribution in [0, 0.1) is 5.92 Å². The number of rotatable bonds is 5. The minimum atomic E-state index is 0.181. The van der Waals surface area contributed by atoms with Gasteiger partial charge in [0.25, 0.3) is 0 Å². The van der Waals surface area contributed by atoms with Gasteiger partial charge in [0.15, 0.2) is 0 Å². The summed E-state index contributed by atoms with van der Waals surface area (Å²) in [6, 6.07) is 0. The summed E-state index contributed by atoms with van der Waals surface area (Å²) in [5.41, 5.74) is 1.40. The van der Waals surface area contributed by atoms with E-state index in [2.05, 4.69) is 36.5 Å². The third kappa shape index (κ3) is 3.78. The molecule has 1 fully saturated rings. The van der Waals surface area contributed by atoms with Crippen molar-refractivity contribution in [2.24, 2.45) is 5.92 Å². The lowest BCUT2D eigenvalue weighted by atomic mass is 9.83. The average molecular weight is 252 g/mol. The molecule has 0 unspecified atom stereocenters. The maximum absolute atomic E-state index is 4.69. The van der Waals surface area contributed by atoms with E-state index < -0.39 is 0 Å². The molecule has 17 heavy (non-hydrogen) atoms. The minimum Gasteiger partial charge on any atom is -0.310 e. The molecule has 0 bridgehead atoms. The third-order valence-corrected chi connectivity index (χ3v) is 4.40. The molecule has 3 heteroatoms. The quantitative estimate of drug-likeness (QED) is 0.808. The molecule has 96 valence electrons. The second-order valence-electron chi connectivity index (χ2n) is 6.14. The molecule has 1 heterocycles. The Morgan fingerprint density at radius 2 is 2.18 bits per heavy atom. The highest BCUT2D eigenvalue weighted by atomic mass is 32.1. The highest BCUT2D eigenvalue weighted by Crippen LogP contribution is 2.28. The van der Waals surface area contributed by atoms with Crippen LogP contribution in [0.2, 0.25) is 0 Å². The second-order valence-corrected chi connectivity index (χ2v) is 7.08. The molecule has 0 aromatic carbocycles. The molecule has 0 amide bonds. The fourth-order valence-corrected chi connectivity index (χ4v) is 3.01. The molecule has 0 atom stereocenters. The summed E-state index contributed by atoms with van der Waals surface area (Å²) in [7, 11) is 0. The van der Waals surface area contributed by atoms with Crippen LogP contribution in [0.4, 0.5) is 0 Å². The van der Waals surface area contributed by atoms with Crippen molar-refractivity contribution < 1.29 is 0 Å². The molecule has 2 nitrogen and oxygen atoms in total. The topological polar surface area (TPSA) is 24.9 Å². The van der Waals surface area contributed by atoms with Crippen LogP contribution < -0.4 is 5.32 Å². The average Bonchev–Trinajstić information content (AvgIpc) is 2.62. The molecule has 1 N–H and O–H groups in total. The first-order valence-electron chi connectivity index (χ1n) is 6.71. The van der Waals surface area contributed by atoms with Crippen LogP contribution in [0.1, 0.15) is 57.2 Å². The first-order chi connectivity index (χ1) is 8.05. The normalized spacial score (nSPS) is 17.1. The Morgan fingerprint density at radius 3 is 2.71 bits per heavy atom. The van der Waals surface area contributed by atoms with E-state index in [1.165, 1.54) is 36.4 Å². The summed E-state index contributed by atoms with van der Waals surface area (Å²) in [5.74, 6) is 1.00. The number of hydrogen-bond donors (Lipinski definition) is 1. The van der Waals surface area contributed by atoms with Gasteiger partial charge in [-0.3, -0.25) is 0 Å². The largest absolute Gasteiger partial charge is 0.310 e. The molecule has 1 aliphatic rings. The summed E-state index contributed by atoms with van der Waals surface area (Å²) < 4.78 is 0. The Hall–Kier alpha value is -0.410. The summed E-state index contributed by atoms with van der Waals surface area (Å²) in [5, 5.41) is 6.94. The van der Waals surface area contributed by atoms with Crippen LogP contribution in [-0.2, 0) is 12.0 Å². The predicted molar refractivity (Wildman–Crippen MR) is 74.5 cm³/mol. The number of nitrogens with zero attached hydrogens (tertiary/aromatic N) is 1. The Balaban J connectivity index is 1.69. The zero-order chi connectivity index (χ0) is 12.3. The van der Waals surface area contributed by atoms with Crippen molar-refractivity contribution in [1.29, 1.82) is 0 Å². The van der Waals surface area contributed by atoms with E-state index in [-0.39, 0.29) is 5.41 Å². The van der Waals surface area contributed by atoms with Crippen molar-refractivity contribution >= 4 is 11.3 Å². The van der Waals surface area contributed by atoms with E-state index in [0.717, 1.165) is 19.0 Å². The summed E-state index contributed by atoms with van der Waals surface area (Å²) in [6.45, 7) is 8.74. The van der Waals surface area contributed by atoms with Gasteiger partial charge in [-0.15, -0.1) is 11.3 Å². The van der Waals surface area contributed by atoms with E-state index in [4.69, 9.17) is 0 Å². The maximum Gasteiger partial charge on any atom is 0.107 e. The van der Waals surface area contributed by atoms with Gasteiger partial charge in [-0.2, -0.15) is 0 Å². The number of thiazole rings is 1. The molecule has 0 aliphatic heterocycles. The van der Waals surface area contributed by atoms with E-state index in [1.807, 2.05) is 0 Å². The van der Waals surface area contributed by atoms with Crippen molar-refractivity contribution in [3.8, 4) is 0 Å². The lowest BCUT2D eigenvalue weighted by molar-refractivity contribution is 0.292. The van der Waals surface area contributed by atoms with E-state index in [0.29, 0.717) is 0 Å². The SMILES string of the molecule is CC(C)(C)c1csc(CNCCC2CCC2)n1. The summed E-state index contributed by atoms with van der Waals surface area (Å²) in [6.07, 6.45) is 5.70. The smallest absolute Gasteiger partial charge is 0.107 e. The van der Waals surface area contributed by atoms with Crippen LogP contribution in [0.15, 0.2) is 5.38 Å². The Labute approximate surface area is 109 Å². The van der Waals surface area contributed by atoms with Crippen molar-refractivity contribution in [3.63, 3.8) is 0 Å². The van der Waals surface area contributed by atoms with E-state index in [1.54, 1.807) is 11.3 Å². The fourth-order valence-electron chi connectivity index (χ4n) is 2.02. The maximum atomic E-state index is 4.69. The van der Waals surface area contributed by atoms with Gasteiger partial charge >= 0.3 is 0 Å². The van der Waals surface area contributed by atoms with Crippen molar-refractivity contribution in [2.45, 2.75) is 58.4 Å². The second kappa shape index (κ2) is 5.49. The minimum absolute atomic E-state index is 0.181. The highest BCUT2D eigenvalue weighted by molar-refractivity contribution is 7.09. The van der Waals surface area contributed by atoms with Gasteiger partial charge in [-0.05, 0) is 18.9 Å². The van der Waals surface area contributed by atoms with E-state index in [9.17, 15) is 0 Å². The zero-order valence-electron chi connectivity index (χ0n) is 11.3. The molecular formula is C14H24N2S. The van der Waals surface area contributed by atoms with Gasteiger partial charge < -0.3 is 5.32 Å². The number of aromatic nitrogens is 1. The molecular weight excluding hydrogens is 228 g/mol. The van der Waals surface area contributed by atoms with Crippen LogP contribution in [0.25, 0.3) is 0 Å². The Kier molecular flexibility index (Phi) is 4.21. The van der Waals surface area contributed by atoms with Gasteiger partial charge in [0, 0.05) is 17.3 Å². The highest BCUT2D eigenvalue weighted by Gasteiger charge is 2.18. The van der Waals surface area contributed by atoms with Crippen LogP contribution in [-0.4, -0.2) is 11.5 Å². The monoisotopic (exact) mass is 252 g/mol. The van der Waals surface area contributed by atoms with Crippen LogP contribution >= 0.6 is 11.3 Å². The summed E-state index contributed by atoms with van der Waals surface area (Å²) >= 11 is 1.78. The third-order valence-electron chi connectivity index (χ3n) is 3.55. The van der Waals surface area contributed by atoms with Crippen molar-refractivity contribution in [3.05, 3.63) is 16.1 Å². The number of hydrogen-bond acceptors (Lipinski definition) is 3. The molecule has 1 aromatic heterocycles. The van der Waals surface area contributed by atoms with Crippen LogP contribution in [0.5, 0.6) is 0 Å². The van der Waals surface area contributed by atoms with Gasteiger partial charge in [-0.1, -0.05) is 40.0 Å². The van der Waals surface area contributed by atoms with Gasteiger partial charge in [0.05, 0.1) is 5.69 Å². The molecule has 1 aromatic rings. The lowest BCUT2D eigenvalue weighted by Crippen LogP contribution is -2.21.